The first-order valence-corrected chi connectivity index (χ1v) is 4.39. The number of nitrogens with two attached hydrogens (primary N) is 2. The van der Waals surface area contributed by atoms with E-state index in [2.05, 4.69) is 0 Å². The molecular formula is C10H14N2O2. The van der Waals surface area contributed by atoms with Crippen LogP contribution >= 0.6 is 0 Å². The molecule has 5 N–H and O–H groups in total. The number of carboxylic acids is 1. The summed E-state index contributed by atoms with van der Waals surface area (Å²) < 4.78 is 0. The molecule has 0 radical (unpaired) electrons. The lowest BCUT2D eigenvalue weighted by Crippen LogP contribution is -2.20. The minimum atomic E-state index is -0.844. The Morgan fingerprint density at radius 1 is 1.50 bits per heavy atom. The van der Waals surface area contributed by atoms with Gasteiger partial charge in [0.05, 0.1) is 6.42 Å². The minimum Gasteiger partial charge on any atom is -0.481 e. The molecule has 0 heterocycles. The lowest BCUT2D eigenvalue weighted by atomic mass is 10.0. The summed E-state index contributed by atoms with van der Waals surface area (Å²) in [6, 6.07) is 6.97. The van der Waals surface area contributed by atoms with Crippen LogP contribution in [0.25, 0.3) is 0 Å². The Bertz CT molecular complexity index is 326. The second-order valence-electron chi connectivity index (χ2n) is 3.16. The predicted molar refractivity (Wildman–Crippen MR) is 53.8 cm³/mol. The molecule has 1 atom stereocenters. The van der Waals surface area contributed by atoms with Crippen LogP contribution in [-0.4, -0.2) is 17.6 Å². The van der Waals surface area contributed by atoms with E-state index in [0.717, 1.165) is 11.1 Å². The summed E-state index contributed by atoms with van der Waals surface area (Å²) in [5, 5.41) is 8.60. The maximum absolute atomic E-state index is 10.5. The smallest absolute Gasteiger partial charge is 0.307 e. The average Bonchev–Trinajstić information content (AvgIpc) is 2.16. The SMILES string of the molecule is NCC(N)c1cccc(CC(=O)O)c1. The van der Waals surface area contributed by atoms with Gasteiger partial charge in [-0.15, -0.1) is 0 Å². The summed E-state index contributed by atoms with van der Waals surface area (Å²) in [6.45, 7) is 0.358. The van der Waals surface area contributed by atoms with Crippen molar-refractivity contribution in [3.05, 3.63) is 35.4 Å². The Kier molecular flexibility index (Phi) is 3.62. The predicted octanol–water partition coefficient (Wildman–Crippen LogP) is 0.272. The number of benzene rings is 1. The highest BCUT2D eigenvalue weighted by molar-refractivity contribution is 5.70. The van der Waals surface area contributed by atoms with E-state index in [1.807, 2.05) is 6.07 Å². The molecule has 0 saturated carbocycles. The van der Waals surface area contributed by atoms with Gasteiger partial charge >= 0.3 is 5.97 Å². The third-order valence-electron chi connectivity index (χ3n) is 1.99. The van der Waals surface area contributed by atoms with E-state index >= 15 is 0 Å². The van der Waals surface area contributed by atoms with E-state index in [1.54, 1.807) is 18.2 Å². The normalized spacial score (nSPS) is 12.4. The highest BCUT2D eigenvalue weighted by Crippen LogP contribution is 2.11. The molecule has 14 heavy (non-hydrogen) atoms. The van der Waals surface area contributed by atoms with E-state index < -0.39 is 5.97 Å². The first-order valence-electron chi connectivity index (χ1n) is 4.39. The van der Waals surface area contributed by atoms with Crippen LogP contribution in [0.5, 0.6) is 0 Å². The molecule has 0 fully saturated rings. The van der Waals surface area contributed by atoms with Gasteiger partial charge in [-0.25, -0.2) is 0 Å². The molecule has 76 valence electrons. The highest BCUT2D eigenvalue weighted by Gasteiger charge is 2.05. The Morgan fingerprint density at radius 2 is 2.21 bits per heavy atom. The van der Waals surface area contributed by atoms with Gasteiger partial charge in [-0.05, 0) is 11.1 Å². The Morgan fingerprint density at radius 3 is 2.79 bits per heavy atom. The number of carbonyl (C=O) groups is 1. The van der Waals surface area contributed by atoms with E-state index in [9.17, 15) is 4.79 Å². The van der Waals surface area contributed by atoms with Crippen molar-refractivity contribution in [3.63, 3.8) is 0 Å². The molecule has 0 aliphatic rings. The van der Waals surface area contributed by atoms with Crippen molar-refractivity contribution >= 4 is 5.97 Å². The second-order valence-corrected chi connectivity index (χ2v) is 3.16. The van der Waals surface area contributed by atoms with Crippen molar-refractivity contribution in [1.82, 2.24) is 0 Å². The number of hydrogen-bond acceptors (Lipinski definition) is 3. The summed E-state index contributed by atoms with van der Waals surface area (Å²) in [5.41, 5.74) is 12.8. The first kappa shape index (κ1) is 10.7. The third-order valence-corrected chi connectivity index (χ3v) is 1.99. The molecule has 4 nitrogen and oxygen atoms in total. The number of aliphatic carboxylic acids is 1. The lowest BCUT2D eigenvalue weighted by molar-refractivity contribution is -0.136. The van der Waals surface area contributed by atoms with Crippen LogP contribution in [0.3, 0.4) is 0 Å². The highest BCUT2D eigenvalue weighted by atomic mass is 16.4. The van der Waals surface area contributed by atoms with Crippen LogP contribution in [0.15, 0.2) is 24.3 Å². The second kappa shape index (κ2) is 4.74. The maximum atomic E-state index is 10.5. The fourth-order valence-corrected chi connectivity index (χ4v) is 1.24. The van der Waals surface area contributed by atoms with Gasteiger partial charge in [0.15, 0.2) is 0 Å². The Balaban J connectivity index is 2.83. The summed E-state index contributed by atoms with van der Waals surface area (Å²) in [4.78, 5) is 10.5. The average molecular weight is 194 g/mol. The number of hydrogen-bond donors (Lipinski definition) is 3. The Labute approximate surface area is 82.5 Å². The molecule has 4 heteroatoms. The van der Waals surface area contributed by atoms with Crippen molar-refractivity contribution in [2.24, 2.45) is 11.5 Å². The van der Waals surface area contributed by atoms with Crippen molar-refractivity contribution in [2.75, 3.05) is 6.54 Å². The first-order chi connectivity index (χ1) is 6.63. The van der Waals surface area contributed by atoms with Gasteiger partial charge in [0.25, 0.3) is 0 Å². The molecule has 1 aromatic rings. The topological polar surface area (TPSA) is 89.3 Å². The van der Waals surface area contributed by atoms with Gasteiger partial charge in [-0.1, -0.05) is 24.3 Å². The maximum Gasteiger partial charge on any atom is 0.307 e. The van der Waals surface area contributed by atoms with Gasteiger partial charge in [0.1, 0.15) is 0 Å². The van der Waals surface area contributed by atoms with Gasteiger partial charge in [0.2, 0.25) is 0 Å². The zero-order chi connectivity index (χ0) is 10.6. The van der Waals surface area contributed by atoms with E-state index in [4.69, 9.17) is 16.6 Å². The van der Waals surface area contributed by atoms with Crippen molar-refractivity contribution in [3.8, 4) is 0 Å². The van der Waals surface area contributed by atoms with Gasteiger partial charge in [0, 0.05) is 12.6 Å². The molecule has 1 unspecified atom stereocenters. The largest absolute Gasteiger partial charge is 0.481 e. The Hall–Kier alpha value is -1.39. The van der Waals surface area contributed by atoms with Crippen molar-refractivity contribution in [1.29, 1.82) is 0 Å². The zero-order valence-electron chi connectivity index (χ0n) is 7.81. The zero-order valence-corrected chi connectivity index (χ0v) is 7.81. The van der Waals surface area contributed by atoms with Crippen LogP contribution in [0, 0.1) is 0 Å². The van der Waals surface area contributed by atoms with Crippen molar-refractivity contribution in [2.45, 2.75) is 12.5 Å². The van der Waals surface area contributed by atoms with E-state index in [-0.39, 0.29) is 12.5 Å². The fraction of sp³-hybridized carbons (Fsp3) is 0.300. The quantitative estimate of drug-likeness (QED) is 0.642. The molecule has 0 aliphatic carbocycles. The molecular weight excluding hydrogens is 180 g/mol. The van der Waals surface area contributed by atoms with Crippen molar-refractivity contribution < 1.29 is 9.90 Å². The molecule has 0 spiro atoms. The van der Waals surface area contributed by atoms with Crippen LogP contribution < -0.4 is 11.5 Å². The number of carboxylic acid groups (broad SMARTS) is 1. The molecule has 0 saturated heterocycles. The minimum absolute atomic E-state index is 0.0190. The standard InChI is InChI=1S/C10H14N2O2/c11-6-9(12)8-3-1-2-7(4-8)5-10(13)14/h1-4,9H,5-6,11-12H2,(H,13,14). The van der Waals surface area contributed by atoms with Crippen LogP contribution in [-0.2, 0) is 11.2 Å². The van der Waals surface area contributed by atoms with Crippen LogP contribution in [0.4, 0.5) is 0 Å². The molecule has 1 aromatic carbocycles. The molecule has 0 aromatic heterocycles. The molecule has 0 bridgehead atoms. The van der Waals surface area contributed by atoms with Crippen LogP contribution in [0.1, 0.15) is 17.2 Å². The fourth-order valence-electron chi connectivity index (χ4n) is 1.24. The number of rotatable bonds is 4. The van der Waals surface area contributed by atoms with Gasteiger partial charge < -0.3 is 16.6 Å². The van der Waals surface area contributed by atoms with E-state index in [1.165, 1.54) is 0 Å². The monoisotopic (exact) mass is 194 g/mol. The van der Waals surface area contributed by atoms with Gasteiger partial charge in [-0.2, -0.15) is 0 Å². The third kappa shape index (κ3) is 2.83. The van der Waals surface area contributed by atoms with Crippen LogP contribution in [0.2, 0.25) is 0 Å². The lowest BCUT2D eigenvalue weighted by Gasteiger charge is -2.09. The summed E-state index contributed by atoms with van der Waals surface area (Å²) in [6.07, 6.45) is 0.0190. The summed E-state index contributed by atoms with van der Waals surface area (Å²) >= 11 is 0. The van der Waals surface area contributed by atoms with E-state index in [0.29, 0.717) is 6.54 Å². The summed E-state index contributed by atoms with van der Waals surface area (Å²) in [7, 11) is 0. The van der Waals surface area contributed by atoms with Gasteiger partial charge in [-0.3, -0.25) is 4.79 Å². The molecule has 1 rings (SSSR count). The molecule has 0 aliphatic heterocycles. The summed E-state index contributed by atoms with van der Waals surface area (Å²) in [5.74, 6) is -0.844. The molecule has 0 amide bonds.